The van der Waals surface area contributed by atoms with E-state index in [2.05, 4.69) is 11.6 Å². The van der Waals surface area contributed by atoms with E-state index in [4.69, 9.17) is 11.6 Å². The van der Waals surface area contributed by atoms with E-state index in [-0.39, 0.29) is 11.8 Å². The van der Waals surface area contributed by atoms with E-state index in [1.807, 2.05) is 17.5 Å². The number of halogens is 1. The van der Waals surface area contributed by atoms with Crippen molar-refractivity contribution in [2.24, 2.45) is 0 Å². The van der Waals surface area contributed by atoms with Crippen molar-refractivity contribution in [1.29, 1.82) is 0 Å². The van der Waals surface area contributed by atoms with E-state index < -0.39 is 10.0 Å². The Morgan fingerprint density at radius 3 is 2.78 bits per heavy atom. The molecule has 0 spiro atoms. The molecule has 0 fully saturated rings. The zero-order valence-electron chi connectivity index (χ0n) is 10.6. The molecule has 1 atom stereocenters. The highest BCUT2D eigenvalue weighted by Gasteiger charge is 2.19. The van der Waals surface area contributed by atoms with Gasteiger partial charge in [-0.3, -0.25) is 0 Å². The number of unbranched alkanes of at least 4 members (excludes halogenated alkanes) is 1. The number of alkyl halides is 1. The molecule has 1 aromatic heterocycles. The van der Waals surface area contributed by atoms with Crippen LogP contribution in [0.5, 0.6) is 0 Å². The standard InChI is InChI=1S/C12H20ClNO2S2/c1-2-6-11(12-7-5-9-17-12)14-18(15,16)10-4-3-8-13/h5,7,9,11,14H,2-4,6,8,10H2,1H3. The second kappa shape index (κ2) is 8.15. The van der Waals surface area contributed by atoms with Crippen molar-refractivity contribution in [3.8, 4) is 0 Å². The monoisotopic (exact) mass is 309 g/mol. The highest BCUT2D eigenvalue weighted by molar-refractivity contribution is 7.89. The van der Waals surface area contributed by atoms with Gasteiger partial charge in [0.25, 0.3) is 0 Å². The van der Waals surface area contributed by atoms with E-state index in [0.717, 1.165) is 24.1 Å². The number of nitrogens with one attached hydrogen (secondary N) is 1. The predicted octanol–water partition coefficient (Wildman–Crippen LogP) is 3.53. The van der Waals surface area contributed by atoms with Crippen LogP contribution in [0.2, 0.25) is 0 Å². The van der Waals surface area contributed by atoms with Crippen molar-refractivity contribution in [2.75, 3.05) is 11.6 Å². The first-order valence-electron chi connectivity index (χ1n) is 6.18. The lowest BCUT2D eigenvalue weighted by atomic mass is 10.1. The Labute approximate surface area is 119 Å². The van der Waals surface area contributed by atoms with Crippen molar-refractivity contribution in [1.82, 2.24) is 4.72 Å². The summed E-state index contributed by atoms with van der Waals surface area (Å²) in [5.41, 5.74) is 0. The molecular weight excluding hydrogens is 290 g/mol. The van der Waals surface area contributed by atoms with Crippen LogP contribution in [-0.2, 0) is 10.0 Å². The summed E-state index contributed by atoms with van der Waals surface area (Å²) in [4.78, 5) is 1.08. The third kappa shape index (κ3) is 5.69. The van der Waals surface area contributed by atoms with Crippen molar-refractivity contribution < 1.29 is 8.42 Å². The first-order chi connectivity index (χ1) is 8.59. The average Bonchev–Trinajstić information content (AvgIpc) is 2.81. The summed E-state index contributed by atoms with van der Waals surface area (Å²) in [7, 11) is -3.20. The van der Waals surface area contributed by atoms with E-state index >= 15 is 0 Å². The molecule has 1 heterocycles. The lowest BCUT2D eigenvalue weighted by Gasteiger charge is -2.16. The molecule has 6 heteroatoms. The Bertz CT molecular complexity index is 417. The fourth-order valence-corrected chi connectivity index (χ4v) is 4.16. The molecule has 0 radical (unpaired) electrons. The van der Waals surface area contributed by atoms with Gasteiger partial charge in [-0.15, -0.1) is 22.9 Å². The molecule has 0 aromatic carbocycles. The van der Waals surface area contributed by atoms with Gasteiger partial charge < -0.3 is 0 Å². The van der Waals surface area contributed by atoms with Gasteiger partial charge in [0.2, 0.25) is 10.0 Å². The smallest absolute Gasteiger partial charge is 0.212 e. The van der Waals surface area contributed by atoms with Crippen LogP contribution in [-0.4, -0.2) is 20.1 Å². The van der Waals surface area contributed by atoms with Gasteiger partial charge >= 0.3 is 0 Å². The van der Waals surface area contributed by atoms with Gasteiger partial charge in [-0.05, 0) is 30.7 Å². The van der Waals surface area contributed by atoms with Gasteiger partial charge in [0.15, 0.2) is 0 Å². The number of hydrogen-bond donors (Lipinski definition) is 1. The van der Waals surface area contributed by atoms with Gasteiger partial charge in [0.05, 0.1) is 11.8 Å². The molecule has 1 unspecified atom stereocenters. The fraction of sp³-hybridized carbons (Fsp3) is 0.667. The van der Waals surface area contributed by atoms with Crippen LogP contribution in [0.15, 0.2) is 17.5 Å². The van der Waals surface area contributed by atoms with Gasteiger partial charge in [-0.1, -0.05) is 19.4 Å². The Morgan fingerprint density at radius 1 is 1.44 bits per heavy atom. The third-order valence-electron chi connectivity index (χ3n) is 2.58. The fourth-order valence-electron chi connectivity index (χ4n) is 1.70. The molecule has 18 heavy (non-hydrogen) atoms. The number of hydrogen-bond acceptors (Lipinski definition) is 3. The number of rotatable bonds is 9. The molecule has 0 saturated heterocycles. The van der Waals surface area contributed by atoms with E-state index in [9.17, 15) is 8.42 Å². The molecular formula is C12H20ClNO2S2. The summed E-state index contributed by atoms with van der Waals surface area (Å²) < 4.78 is 26.7. The predicted molar refractivity (Wildman–Crippen MR) is 78.8 cm³/mol. The van der Waals surface area contributed by atoms with E-state index in [1.54, 1.807) is 11.3 Å². The lowest BCUT2D eigenvalue weighted by molar-refractivity contribution is 0.538. The minimum absolute atomic E-state index is 0.0870. The van der Waals surface area contributed by atoms with Crippen molar-refractivity contribution in [3.05, 3.63) is 22.4 Å². The molecule has 0 saturated carbocycles. The highest BCUT2D eigenvalue weighted by atomic mass is 35.5. The summed E-state index contributed by atoms with van der Waals surface area (Å²) in [5, 5.41) is 1.97. The Morgan fingerprint density at radius 2 is 2.22 bits per heavy atom. The molecule has 0 bridgehead atoms. The van der Waals surface area contributed by atoms with E-state index in [1.165, 1.54) is 0 Å². The van der Waals surface area contributed by atoms with Crippen LogP contribution in [0, 0.1) is 0 Å². The van der Waals surface area contributed by atoms with Crippen LogP contribution in [0.3, 0.4) is 0 Å². The highest BCUT2D eigenvalue weighted by Crippen LogP contribution is 2.24. The molecule has 104 valence electrons. The molecule has 1 N–H and O–H groups in total. The first-order valence-corrected chi connectivity index (χ1v) is 9.25. The van der Waals surface area contributed by atoms with Gasteiger partial charge in [0, 0.05) is 10.8 Å². The van der Waals surface area contributed by atoms with Crippen molar-refractivity contribution >= 4 is 33.0 Å². The topological polar surface area (TPSA) is 46.2 Å². The quantitative estimate of drug-likeness (QED) is 0.560. The normalized spacial score (nSPS) is 13.7. The largest absolute Gasteiger partial charge is 0.212 e. The van der Waals surface area contributed by atoms with Crippen LogP contribution in [0.1, 0.15) is 43.5 Å². The second-order valence-electron chi connectivity index (χ2n) is 4.19. The number of sulfonamides is 1. The summed E-state index contributed by atoms with van der Waals surface area (Å²) in [6.07, 6.45) is 3.13. The number of thiophene rings is 1. The molecule has 1 aromatic rings. The average molecular weight is 310 g/mol. The van der Waals surface area contributed by atoms with Crippen LogP contribution < -0.4 is 4.72 Å². The lowest BCUT2D eigenvalue weighted by Crippen LogP contribution is -2.30. The minimum Gasteiger partial charge on any atom is -0.212 e. The zero-order valence-corrected chi connectivity index (χ0v) is 13.0. The van der Waals surface area contributed by atoms with E-state index in [0.29, 0.717) is 12.3 Å². The third-order valence-corrected chi connectivity index (χ3v) is 5.31. The van der Waals surface area contributed by atoms with Crippen molar-refractivity contribution in [2.45, 2.75) is 38.6 Å². The molecule has 0 aliphatic carbocycles. The van der Waals surface area contributed by atoms with Crippen LogP contribution in [0.25, 0.3) is 0 Å². The van der Waals surface area contributed by atoms with Crippen LogP contribution >= 0.6 is 22.9 Å². The molecule has 0 amide bonds. The Kier molecular flexibility index (Phi) is 7.22. The molecule has 0 aliphatic heterocycles. The maximum absolute atomic E-state index is 11.9. The zero-order chi connectivity index (χ0) is 13.4. The SMILES string of the molecule is CCCC(NS(=O)(=O)CCCCCl)c1cccs1. The molecule has 3 nitrogen and oxygen atoms in total. The van der Waals surface area contributed by atoms with Gasteiger partial charge in [-0.25, -0.2) is 13.1 Å². The Balaban J connectivity index is 2.60. The molecule has 1 rings (SSSR count). The second-order valence-corrected chi connectivity index (χ2v) is 7.42. The van der Waals surface area contributed by atoms with Gasteiger partial charge in [-0.2, -0.15) is 0 Å². The maximum Gasteiger partial charge on any atom is 0.212 e. The molecule has 0 aliphatic rings. The van der Waals surface area contributed by atoms with Crippen LogP contribution in [0.4, 0.5) is 0 Å². The maximum atomic E-state index is 11.9. The summed E-state index contributed by atoms with van der Waals surface area (Å²) in [5.74, 6) is 0.671. The summed E-state index contributed by atoms with van der Waals surface area (Å²) >= 11 is 7.15. The summed E-state index contributed by atoms with van der Waals surface area (Å²) in [6, 6.07) is 3.84. The first kappa shape index (κ1) is 16.0. The summed E-state index contributed by atoms with van der Waals surface area (Å²) in [6.45, 7) is 2.06. The van der Waals surface area contributed by atoms with Crippen molar-refractivity contribution in [3.63, 3.8) is 0 Å². The minimum atomic E-state index is -3.20. The Hall–Kier alpha value is -0.100. The van der Waals surface area contributed by atoms with Gasteiger partial charge in [0.1, 0.15) is 0 Å².